The first-order valence-corrected chi connectivity index (χ1v) is 11.5. The molecule has 3 aromatic carbocycles. The van der Waals surface area contributed by atoms with Crippen molar-refractivity contribution >= 4 is 22.5 Å². The molecule has 34 heavy (non-hydrogen) atoms. The van der Waals surface area contributed by atoms with E-state index >= 15 is 0 Å². The van der Waals surface area contributed by atoms with Crippen molar-refractivity contribution in [2.75, 3.05) is 20.3 Å². The normalized spacial score (nSPS) is 14.8. The van der Waals surface area contributed by atoms with E-state index in [0.717, 1.165) is 28.0 Å². The molecule has 0 saturated carbocycles. The molecule has 1 aromatic heterocycles. The average molecular weight is 477 g/mol. The maximum absolute atomic E-state index is 13.5. The number of pyridine rings is 1. The zero-order valence-electron chi connectivity index (χ0n) is 18.8. The van der Waals surface area contributed by atoms with Gasteiger partial charge in [0.15, 0.2) is 11.5 Å². The van der Waals surface area contributed by atoms with Gasteiger partial charge in [-0.15, -0.1) is 0 Å². The minimum Gasteiger partial charge on any atom is -0.497 e. The van der Waals surface area contributed by atoms with Crippen LogP contribution >= 0.6 is 11.6 Å². The number of fused-ring (bicyclic) bond motifs is 2. The highest BCUT2D eigenvalue weighted by molar-refractivity contribution is 6.31. The molecule has 6 nitrogen and oxygen atoms in total. The summed E-state index contributed by atoms with van der Waals surface area (Å²) in [6.07, 6.45) is -0.134. The van der Waals surface area contributed by atoms with Crippen molar-refractivity contribution in [1.29, 1.82) is 0 Å². The van der Waals surface area contributed by atoms with Gasteiger partial charge in [0.1, 0.15) is 18.5 Å². The fraction of sp³-hybridized carbons (Fsp3) is 0.222. The lowest BCUT2D eigenvalue weighted by atomic mass is 10.1. The molecule has 1 atom stereocenters. The fourth-order valence-corrected chi connectivity index (χ4v) is 4.35. The van der Waals surface area contributed by atoms with E-state index in [1.165, 1.54) is 0 Å². The molecule has 0 radical (unpaired) electrons. The van der Waals surface area contributed by atoms with E-state index < -0.39 is 0 Å². The van der Waals surface area contributed by atoms with Crippen LogP contribution in [0, 0.1) is 0 Å². The summed E-state index contributed by atoms with van der Waals surface area (Å²) in [5.41, 5.74) is 2.28. The van der Waals surface area contributed by atoms with Crippen molar-refractivity contribution < 1.29 is 14.2 Å². The van der Waals surface area contributed by atoms with Crippen molar-refractivity contribution in [1.82, 2.24) is 9.88 Å². The predicted octanol–water partition coefficient (Wildman–Crippen LogP) is 4.64. The van der Waals surface area contributed by atoms with Crippen molar-refractivity contribution in [3.8, 4) is 17.2 Å². The summed E-state index contributed by atoms with van der Waals surface area (Å²) in [6, 6.07) is 22.9. The summed E-state index contributed by atoms with van der Waals surface area (Å²) < 4.78 is 19.0. The number of para-hydroxylation sites is 2. The Balaban J connectivity index is 1.40. The van der Waals surface area contributed by atoms with Gasteiger partial charge in [0.25, 0.3) is 5.56 Å². The Morgan fingerprint density at radius 1 is 1.03 bits per heavy atom. The zero-order valence-corrected chi connectivity index (χ0v) is 19.5. The van der Waals surface area contributed by atoms with E-state index in [1.807, 2.05) is 72.8 Å². The molecule has 2 heterocycles. The van der Waals surface area contributed by atoms with Gasteiger partial charge >= 0.3 is 0 Å². The van der Waals surface area contributed by atoms with Crippen molar-refractivity contribution in [3.05, 3.63) is 99.3 Å². The lowest BCUT2D eigenvalue weighted by Gasteiger charge is -2.26. The van der Waals surface area contributed by atoms with Crippen LogP contribution < -0.4 is 25.1 Å². The Labute approximate surface area is 202 Å². The van der Waals surface area contributed by atoms with Crippen LogP contribution in [0.25, 0.3) is 10.9 Å². The fourth-order valence-electron chi connectivity index (χ4n) is 4.15. The highest BCUT2D eigenvalue weighted by Crippen LogP contribution is 2.30. The summed E-state index contributed by atoms with van der Waals surface area (Å²) in [6.45, 7) is 1.79. The third kappa shape index (κ3) is 4.60. The summed E-state index contributed by atoms with van der Waals surface area (Å²) in [4.78, 5) is 13.5. The predicted molar refractivity (Wildman–Crippen MR) is 133 cm³/mol. The van der Waals surface area contributed by atoms with Gasteiger partial charge < -0.3 is 24.1 Å². The Morgan fingerprint density at radius 3 is 2.65 bits per heavy atom. The highest BCUT2D eigenvalue weighted by atomic mass is 35.5. The van der Waals surface area contributed by atoms with Crippen molar-refractivity contribution in [3.63, 3.8) is 0 Å². The number of rotatable bonds is 7. The van der Waals surface area contributed by atoms with Gasteiger partial charge in [0.2, 0.25) is 0 Å². The first-order valence-electron chi connectivity index (χ1n) is 11.2. The van der Waals surface area contributed by atoms with Gasteiger partial charge in [-0.25, -0.2) is 0 Å². The molecule has 4 aromatic rings. The molecular weight excluding hydrogens is 452 g/mol. The zero-order chi connectivity index (χ0) is 23.5. The number of hydrogen-bond acceptors (Lipinski definition) is 5. The topological polar surface area (TPSA) is 61.7 Å². The molecular formula is C27H25ClN2O4. The number of ether oxygens (including phenoxy) is 3. The van der Waals surface area contributed by atoms with Crippen LogP contribution in [0.15, 0.2) is 77.6 Å². The smallest absolute Gasteiger partial charge is 0.255 e. The first-order chi connectivity index (χ1) is 16.6. The molecule has 1 aliphatic heterocycles. The van der Waals surface area contributed by atoms with Gasteiger partial charge in [-0.05, 0) is 47.3 Å². The number of benzene rings is 3. The van der Waals surface area contributed by atoms with Crippen LogP contribution in [0.1, 0.15) is 11.1 Å². The second-order valence-electron chi connectivity index (χ2n) is 8.21. The number of nitrogens with one attached hydrogen (secondary N) is 1. The average Bonchev–Trinajstić information content (AvgIpc) is 2.87. The van der Waals surface area contributed by atoms with Crippen LogP contribution in [0.5, 0.6) is 17.2 Å². The van der Waals surface area contributed by atoms with E-state index in [0.29, 0.717) is 42.6 Å². The quantitative estimate of drug-likeness (QED) is 0.421. The van der Waals surface area contributed by atoms with Gasteiger partial charge in [0, 0.05) is 29.7 Å². The number of nitrogens with zero attached hydrogens (tertiary/aromatic N) is 1. The SMILES string of the molecule is COc1ccc2cc(CNCC3COc4ccccc4O3)c(=O)n(Cc3ccccc3Cl)c2c1. The van der Waals surface area contributed by atoms with Crippen LogP contribution in [-0.2, 0) is 13.1 Å². The molecule has 7 heteroatoms. The van der Waals surface area contributed by atoms with Gasteiger partial charge in [0.05, 0.1) is 19.2 Å². The number of hydrogen-bond donors (Lipinski definition) is 1. The highest BCUT2D eigenvalue weighted by Gasteiger charge is 2.20. The molecule has 0 amide bonds. The molecule has 1 aliphatic rings. The van der Waals surface area contributed by atoms with Crippen LogP contribution in [0.2, 0.25) is 5.02 Å². The molecule has 1 N–H and O–H groups in total. The van der Waals surface area contributed by atoms with E-state index in [9.17, 15) is 4.79 Å². The Morgan fingerprint density at radius 2 is 1.82 bits per heavy atom. The van der Waals surface area contributed by atoms with Crippen molar-refractivity contribution in [2.45, 2.75) is 19.2 Å². The standard InChI is InChI=1S/C27H25ClN2O4/c1-32-21-11-10-18-12-20(14-29-15-22-17-33-25-8-4-5-9-26(25)34-22)27(31)30(24(18)13-21)16-19-6-2-3-7-23(19)28/h2-13,22,29H,14-17H2,1H3. The van der Waals surface area contributed by atoms with E-state index in [2.05, 4.69) is 5.32 Å². The molecule has 0 aliphatic carbocycles. The summed E-state index contributed by atoms with van der Waals surface area (Å²) >= 11 is 6.40. The molecule has 5 rings (SSSR count). The molecule has 0 bridgehead atoms. The third-order valence-corrected chi connectivity index (χ3v) is 6.29. The molecule has 0 spiro atoms. The second kappa shape index (κ2) is 9.79. The van der Waals surface area contributed by atoms with Gasteiger partial charge in [-0.1, -0.05) is 41.9 Å². The lowest BCUT2D eigenvalue weighted by molar-refractivity contribution is 0.0902. The minimum absolute atomic E-state index is 0.0701. The molecule has 1 unspecified atom stereocenters. The largest absolute Gasteiger partial charge is 0.497 e. The Hall–Kier alpha value is -3.48. The third-order valence-electron chi connectivity index (χ3n) is 5.92. The van der Waals surface area contributed by atoms with Crippen LogP contribution in [0.4, 0.5) is 0 Å². The summed E-state index contributed by atoms with van der Waals surface area (Å²) in [5, 5.41) is 4.95. The maximum atomic E-state index is 13.5. The van der Waals surface area contributed by atoms with Gasteiger partial charge in [-0.2, -0.15) is 0 Å². The van der Waals surface area contributed by atoms with Gasteiger partial charge in [-0.3, -0.25) is 4.79 Å². The minimum atomic E-state index is -0.134. The van der Waals surface area contributed by atoms with E-state index in [-0.39, 0.29) is 11.7 Å². The van der Waals surface area contributed by atoms with Crippen LogP contribution in [0.3, 0.4) is 0 Å². The van der Waals surface area contributed by atoms with Crippen LogP contribution in [-0.4, -0.2) is 30.9 Å². The molecule has 174 valence electrons. The monoisotopic (exact) mass is 476 g/mol. The van der Waals surface area contributed by atoms with Crippen molar-refractivity contribution in [2.24, 2.45) is 0 Å². The van der Waals surface area contributed by atoms with E-state index in [1.54, 1.807) is 11.7 Å². The van der Waals surface area contributed by atoms with E-state index in [4.69, 9.17) is 25.8 Å². The second-order valence-corrected chi connectivity index (χ2v) is 8.61. The number of aromatic nitrogens is 1. The summed E-state index contributed by atoms with van der Waals surface area (Å²) in [5.74, 6) is 2.19. The number of halogens is 1. The Bertz CT molecular complexity index is 1380. The summed E-state index contributed by atoms with van der Waals surface area (Å²) in [7, 11) is 1.62. The maximum Gasteiger partial charge on any atom is 0.255 e. The first kappa shape index (κ1) is 22.3. The molecule has 0 saturated heterocycles. The molecule has 0 fully saturated rings. The lowest BCUT2D eigenvalue weighted by Crippen LogP contribution is -2.39. The number of methoxy groups -OCH3 is 1. The Kier molecular flexibility index (Phi) is 6.43.